The molecule has 3 heteroatoms. The Kier molecular flexibility index (Phi) is 3.69. The highest BCUT2D eigenvalue weighted by Gasteiger charge is 2.16. The van der Waals surface area contributed by atoms with Crippen molar-refractivity contribution in [1.29, 1.82) is 0 Å². The van der Waals surface area contributed by atoms with Gasteiger partial charge in [-0.1, -0.05) is 35.9 Å². The van der Waals surface area contributed by atoms with E-state index in [1.165, 1.54) is 6.07 Å². The molecule has 0 radical (unpaired) electrons. The second-order valence-electron chi connectivity index (χ2n) is 4.46. The first-order chi connectivity index (χ1) is 8.50. The van der Waals surface area contributed by atoms with Crippen molar-refractivity contribution >= 4 is 11.6 Å². The van der Waals surface area contributed by atoms with Gasteiger partial charge < -0.3 is 5.73 Å². The number of hydrogen-bond acceptors (Lipinski definition) is 1. The number of nitrogens with two attached hydrogens (primary N) is 1. The summed E-state index contributed by atoms with van der Waals surface area (Å²) < 4.78 is 13.4. The summed E-state index contributed by atoms with van der Waals surface area (Å²) in [5.41, 5.74) is 9.64. The fraction of sp³-hybridized carbons (Fsp3) is 0.200. The van der Waals surface area contributed by atoms with Gasteiger partial charge in [-0.05, 0) is 48.2 Å². The largest absolute Gasteiger partial charge is 0.320 e. The predicted molar refractivity (Wildman–Crippen MR) is 73.4 cm³/mol. The van der Waals surface area contributed by atoms with Gasteiger partial charge in [-0.25, -0.2) is 4.39 Å². The molecule has 1 nitrogen and oxygen atoms in total. The number of rotatable bonds is 2. The summed E-state index contributed by atoms with van der Waals surface area (Å²) >= 11 is 6.08. The third kappa shape index (κ3) is 2.40. The van der Waals surface area contributed by atoms with Crippen LogP contribution in [0.3, 0.4) is 0 Å². The number of halogens is 2. The van der Waals surface area contributed by atoms with Crippen molar-refractivity contribution in [2.75, 3.05) is 0 Å². The molecule has 0 fully saturated rings. The van der Waals surface area contributed by atoms with Gasteiger partial charge in [0.1, 0.15) is 5.82 Å². The summed E-state index contributed by atoms with van der Waals surface area (Å²) in [7, 11) is 0. The summed E-state index contributed by atoms with van der Waals surface area (Å²) in [5, 5.41) is 0.369. The fourth-order valence-corrected chi connectivity index (χ4v) is 2.29. The zero-order chi connectivity index (χ0) is 13.3. The highest BCUT2D eigenvalue weighted by Crippen LogP contribution is 2.30. The van der Waals surface area contributed by atoms with Crippen molar-refractivity contribution in [2.24, 2.45) is 5.73 Å². The van der Waals surface area contributed by atoms with E-state index >= 15 is 0 Å². The summed E-state index contributed by atoms with van der Waals surface area (Å²) in [5.74, 6) is -0.305. The van der Waals surface area contributed by atoms with Crippen LogP contribution in [0.15, 0.2) is 36.4 Å². The lowest BCUT2D eigenvalue weighted by Gasteiger charge is -2.17. The maximum Gasteiger partial charge on any atom is 0.127 e. The van der Waals surface area contributed by atoms with Gasteiger partial charge in [0, 0.05) is 5.02 Å². The minimum absolute atomic E-state index is 0.305. The maximum absolute atomic E-state index is 13.4. The van der Waals surface area contributed by atoms with Crippen LogP contribution in [0.5, 0.6) is 0 Å². The van der Waals surface area contributed by atoms with Gasteiger partial charge in [-0.2, -0.15) is 0 Å². The summed E-state index contributed by atoms with van der Waals surface area (Å²) in [6.07, 6.45) is 0. The molecule has 2 N–H and O–H groups in total. The monoisotopic (exact) mass is 263 g/mol. The molecule has 0 heterocycles. The number of benzene rings is 2. The zero-order valence-corrected chi connectivity index (χ0v) is 11.1. The van der Waals surface area contributed by atoms with Gasteiger partial charge in [-0.3, -0.25) is 0 Å². The fourth-order valence-electron chi connectivity index (χ4n) is 2.02. The van der Waals surface area contributed by atoms with Gasteiger partial charge in [-0.15, -0.1) is 0 Å². The molecule has 0 saturated carbocycles. The molecule has 2 aromatic rings. The Labute approximate surface area is 111 Å². The van der Waals surface area contributed by atoms with Crippen LogP contribution in [0.2, 0.25) is 5.02 Å². The molecular weight excluding hydrogens is 249 g/mol. The van der Waals surface area contributed by atoms with E-state index in [1.807, 2.05) is 31.2 Å². The zero-order valence-electron chi connectivity index (χ0n) is 10.4. The summed E-state index contributed by atoms with van der Waals surface area (Å²) in [6, 6.07) is 10.6. The number of hydrogen-bond donors (Lipinski definition) is 1. The molecule has 0 aliphatic heterocycles. The third-order valence-electron chi connectivity index (χ3n) is 3.14. The second kappa shape index (κ2) is 5.09. The van der Waals surface area contributed by atoms with Crippen LogP contribution in [0.1, 0.15) is 28.3 Å². The van der Waals surface area contributed by atoms with E-state index in [1.54, 1.807) is 13.0 Å². The van der Waals surface area contributed by atoms with E-state index in [4.69, 9.17) is 17.3 Å². The quantitative estimate of drug-likeness (QED) is 0.866. The normalized spacial score (nSPS) is 12.5. The molecular formula is C15H15ClFN. The maximum atomic E-state index is 13.4. The van der Waals surface area contributed by atoms with Crippen LogP contribution >= 0.6 is 11.6 Å². The molecule has 0 saturated heterocycles. The molecule has 94 valence electrons. The van der Waals surface area contributed by atoms with Crippen LogP contribution in [0, 0.1) is 19.7 Å². The van der Waals surface area contributed by atoms with Crippen LogP contribution in [-0.4, -0.2) is 0 Å². The molecule has 2 aromatic carbocycles. The van der Waals surface area contributed by atoms with Crippen LogP contribution in [0.4, 0.5) is 4.39 Å². The van der Waals surface area contributed by atoms with Crippen molar-refractivity contribution < 1.29 is 4.39 Å². The second-order valence-corrected chi connectivity index (χ2v) is 4.86. The summed E-state index contributed by atoms with van der Waals surface area (Å²) in [4.78, 5) is 0. The van der Waals surface area contributed by atoms with E-state index in [0.717, 1.165) is 16.7 Å². The minimum atomic E-state index is -0.335. The molecule has 1 unspecified atom stereocenters. The molecule has 18 heavy (non-hydrogen) atoms. The molecule has 0 aliphatic rings. The lowest BCUT2D eigenvalue weighted by Crippen LogP contribution is -2.14. The molecule has 1 atom stereocenters. The summed E-state index contributed by atoms with van der Waals surface area (Å²) in [6.45, 7) is 3.71. The molecule has 0 spiro atoms. The highest BCUT2D eigenvalue weighted by atomic mass is 35.5. The van der Waals surface area contributed by atoms with Crippen molar-refractivity contribution in [3.63, 3.8) is 0 Å². The van der Waals surface area contributed by atoms with E-state index in [9.17, 15) is 4.39 Å². The van der Waals surface area contributed by atoms with E-state index < -0.39 is 0 Å². The Hall–Kier alpha value is -1.38. The van der Waals surface area contributed by atoms with Gasteiger partial charge in [0.05, 0.1) is 6.04 Å². The van der Waals surface area contributed by atoms with Gasteiger partial charge in [0.2, 0.25) is 0 Å². The standard InChI is InChI=1S/C15H15ClFN/c1-9-5-3-4-6-11(9)15(18)12-7-10(2)14(17)8-13(12)16/h3-8,15H,18H2,1-2H3. The van der Waals surface area contributed by atoms with Crippen molar-refractivity contribution in [3.05, 3.63) is 69.5 Å². The van der Waals surface area contributed by atoms with Crippen LogP contribution < -0.4 is 5.73 Å². The lowest BCUT2D eigenvalue weighted by atomic mass is 9.95. The minimum Gasteiger partial charge on any atom is -0.320 e. The first-order valence-electron chi connectivity index (χ1n) is 5.77. The van der Waals surface area contributed by atoms with Crippen molar-refractivity contribution in [1.82, 2.24) is 0 Å². The topological polar surface area (TPSA) is 26.0 Å². The highest BCUT2D eigenvalue weighted by molar-refractivity contribution is 6.31. The Morgan fingerprint density at radius 1 is 1.06 bits per heavy atom. The SMILES string of the molecule is Cc1cc(C(N)c2ccccc2C)c(Cl)cc1F. The van der Waals surface area contributed by atoms with E-state index in [0.29, 0.717) is 10.6 Å². The molecule has 0 aromatic heterocycles. The third-order valence-corrected chi connectivity index (χ3v) is 3.46. The molecule has 0 amide bonds. The molecule has 0 bridgehead atoms. The molecule has 2 rings (SSSR count). The van der Waals surface area contributed by atoms with E-state index in [2.05, 4.69) is 0 Å². The first kappa shape index (κ1) is 13.1. The predicted octanol–water partition coefficient (Wildman–Crippen LogP) is 4.14. The van der Waals surface area contributed by atoms with Gasteiger partial charge in [0.25, 0.3) is 0 Å². The Bertz CT molecular complexity index is 581. The lowest BCUT2D eigenvalue weighted by molar-refractivity contribution is 0.617. The van der Waals surface area contributed by atoms with E-state index in [-0.39, 0.29) is 11.9 Å². The van der Waals surface area contributed by atoms with Crippen LogP contribution in [-0.2, 0) is 0 Å². The number of aryl methyl sites for hydroxylation is 2. The average Bonchev–Trinajstić information content (AvgIpc) is 2.33. The Balaban J connectivity index is 2.50. The van der Waals surface area contributed by atoms with Gasteiger partial charge >= 0.3 is 0 Å². The van der Waals surface area contributed by atoms with Crippen molar-refractivity contribution in [3.8, 4) is 0 Å². The van der Waals surface area contributed by atoms with Crippen molar-refractivity contribution in [2.45, 2.75) is 19.9 Å². The first-order valence-corrected chi connectivity index (χ1v) is 6.15. The van der Waals surface area contributed by atoms with Crippen LogP contribution in [0.25, 0.3) is 0 Å². The average molecular weight is 264 g/mol. The van der Waals surface area contributed by atoms with Gasteiger partial charge in [0.15, 0.2) is 0 Å². The Morgan fingerprint density at radius 2 is 1.72 bits per heavy atom. The smallest absolute Gasteiger partial charge is 0.127 e. The molecule has 0 aliphatic carbocycles. The Morgan fingerprint density at radius 3 is 2.39 bits per heavy atom.